The van der Waals surface area contributed by atoms with Crippen molar-refractivity contribution >= 4 is 88.9 Å². The van der Waals surface area contributed by atoms with Gasteiger partial charge in [-0.25, -0.2) is 9.59 Å². The highest BCUT2D eigenvalue weighted by molar-refractivity contribution is 6.01. The molecule has 2 rings (SSSR count). The van der Waals surface area contributed by atoms with E-state index in [0.29, 0.717) is 12.3 Å². The predicted molar refractivity (Wildman–Crippen MR) is 316 cm³/mol. The molecule has 11 amide bonds. The summed E-state index contributed by atoms with van der Waals surface area (Å²) in [5.74, 6) is -27.6. The predicted octanol–water partition coefficient (Wildman–Crippen LogP) is -3.51. The minimum absolute atomic E-state index is 0.0371. The van der Waals surface area contributed by atoms with E-state index in [-0.39, 0.29) is 32.2 Å². The van der Waals surface area contributed by atoms with E-state index in [2.05, 4.69) is 44.1 Å². The number of nitrogens with two attached hydrogens (primary N) is 1. The van der Waals surface area contributed by atoms with Gasteiger partial charge < -0.3 is 89.6 Å². The van der Waals surface area contributed by atoms with E-state index in [9.17, 15) is 97.5 Å². The molecule has 33 heteroatoms. The van der Waals surface area contributed by atoms with Gasteiger partial charge in [-0.1, -0.05) is 73.1 Å². The van der Waals surface area contributed by atoms with Crippen LogP contribution in [0.4, 0.5) is 0 Å². The van der Waals surface area contributed by atoms with E-state index in [4.69, 9.17) is 5.73 Å². The zero-order chi connectivity index (χ0) is 68.7. The van der Waals surface area contributed by atoms with Crippen molar-refractivity contribution in [1.82, 2.24) is 53.2 Å². The Labute approximate surface area is 520 Å². The van der Waals surface area contributed by atoms with Gasteiger partial charge in [-0.05, 0) is 77.2 Å². The van der Waals surface area contributed by atoms with Crippen LogP contribution >= 0.6 is 0 Å². The second kappa shape index (κ2) is 36.3. The van der Waals surface area contributed by atoms with Gasteiger partial charge in [0.2, 0.25) is 53.2 Å². The molecular formula is C57H90N12O21. The van der Waals surface area contributed by atoms with Crippen LogP contribution in [0.5, 0.6) is 0 Å². The van der Waals surface area contributed by atoms with Gasteiger partial charge in [-0.3, -0.25) is 67.0 Å². The number of hydrogen-bond donors (Lipinski definition) is 16. The molecule has 2 aliphatic rings. The molecule has 2 aliphatic heterocycles. The molecule has 0 saturated carbocycles. The number of nitrogens with zero attached hydrogens (tertiary/aromatic N) is 1. The number of hydrogen-bond acceptors (Lipinski definition) is 18. The smallest absolute Gasteiger partial charge is 0.337 e. The third-order valence-corrected chi connectivity index (χ3v) is 15.5. The Kier molecular flexibility index (Phi) is 31.3. The lowest BCUT2D eigenvalue weighted by Gasteiger charge is -2.43. The second-order valence-corrected chi connectivity index (χ2v) is 23.6. The number of nitrogens with one attached hydrogen (secondary N) is 10. The van der Waals surface area contributed by atoms with E-state index in [1.807, 2.05) is 22.9 Å². The van der Waals surface area contributed by atoms with Crippen molar-refractivity contribution in [3.8, 4) is 0 Å². The molecule has 16 atom stereocenters. The van der Waals surface area contributed by atoms with Gasteiger partial charge >= 0.3 is 29.8 Å². The number of unbranched alkanes of at least 4 members (excludes halogenated alkanes) is 1. The van der Waals surface area contributed by atoms with Crippen LogP contribution in [-0.4, -0.2) is 205 Å². The fourth-order valence-corrected chi connectivity index (χ4v) is 9.68. The lowest BCUT2D eigenvalue weighted by molar-refractivity contribution is -0.809. The maximum atomic E-state index is 15.1. The third-order valence-electron chi connectivity index (χ3n) is 15.5. The molecular weight excluding hydrogens is 1190 g/mol. The Bertz CT molecular complexity index is 2710. The number of hydroxylamine groups is 3. The molecule has 0 aliphatic carbocycles. The lowest BCUT2D eigenvalue weighted by Crippen LogP contribution is -2.67. The molecule has 0 radical (unpaired) electrons. The molecule has 6 unspecified atom stereocenters. The van der Waals surface area contributed by atoms with Crippen molar-refractivity contribution in [3.63, 3.8) is 0 Å². The number of quaternary nitrogens is 1. The summed E-state index contributed by atoms with van der Waals surface area (Å²) in [5.41, 5.74) is 5.69. The molecule has 504 valence electrons. The third kappa shape index (κ3) is 23.2. The fraction of sp³-hybridized carbons (Fsp3) is 0.667. The van der Waals surface area contributed by atoms with Crippen molar-refractivity contribution < 1.29 is 102 Å². The van der Waals surface area contributed by atoms with Crippen molar-refractivity contribution in [2.24, 2.45) is 41.2 Å². The highest BCUT2D eigenvalue weighted by Crippen LogP contribution is 2.33. The summed E-state index contributed by atoms with van der Waals surface area (Å²) in [6.45, 7) is 12.7. The number of carbonyl (C=O) groups excluding carboxylic acids is 11. The van der Waals surface area contributed by atoms with Crippen molar-refractivity contribution in [3.05, 3.63) is 29.5 Å². The average Bonchev–Trinajstić information content (AvgIpc) is 1.59. The Morgan fingerprint density at radius 1 is 0.678 bits per heavy atom. The number of carboxylic acid groups (broad SMARTS) is 4. The Balaban J connectivity index is 3.00. The number of allylic oxidation sites excluding steroid dienone is 3. The first kappa shape index (κ1) is 77.7. The number of aliphatic hydroxyl groups is 1. The molecule has 2 fully saturated rings. The summed E-state index contributed by atoms with van der Waals surface area (Å²) in [4.78, 5) is 204. The van der Waals surface area contributed by atoms with Crippen LogP contribution in [-0.2, 0) is 71.9 Å². The molecule has 90 heavy (non-hydrogen) atoms. The Hall–Kier alpha value is -8.43. The molecule has 0 bridgehead atoms. The molecule has 0 aromatic heterocycles. The Morgan fingerprint density at radius 2 is 1.26 bits per heavy atom. The summed E-state index contributed by atoms with van der Waals surface area (Å²) in [7, 11) is 0. The van der Waals surface area contributed by atoms with Gasteiger partial charge in [-0.15, -0.1) is 0 Å². The highest BCUT2D eigenvalue weighted by atomic mass is 16.6. The van der Waals surface area contributed by atoms with E-state index >= 15 is 5.21 Å². The summed E-state index contributed by atoms with van der Waals surface area (Å²) >= 11 is 0. The number of carbonyl (C=O) groups is 15. The van der Waals surface area contributed by atoms with Gasteiger partial charge in [-0.2, -0.15) is 0 Å². The van der Waals surface area contributed by atoms with Crippen molar-refractivity contribution in [2.45, 2.75) is 187 Å². The standard InChI is InChI=1S/C57H90N12O21/c1-11-28(6)18-14-12-13-15-20-36(70)63-41(30(8)55(84)85)51(80)67-43-32(10)60-48(77)35-22-29(7)25-69(35,90)54(83)40(27(4)5)66-50(79)42(31(9)56(86)87)64-37(71)24-59-46(75)34(23-38(72)73)62-53(82)44(45(74)57(88)89)68-47(76)33(19-16-17-21-58)61-49(78)39(26(2)3)65-52(43)81/h12-13,15,20,26-35,39-45,74H,11,14,16-19,21-25,58H2,1-10H3,(H,59,75)(H,60,77)(H,61,78)(H,62,82)(H,63,70)(H,64,71)(H,65,81)(H,66,79)(H,67,80)(H,68,76)(H,72,73)(H,84,85)(H,86,87)(H,88,89)/b13-12-,20-15+/t28?,29-,30?,31?,32?,33+,34+,35+,39-,40+,41+,42-,43+,44+,45?,69?/m1/s1. The van der Waals surface area contributed by atoms with Gasteiger partial charge in [0.05, 0.1) is 37.4 Å². The molecule has 0 spiro atoms. The number of amides is 11. The summed E-state index contributed by atoms with van der Waals surface area (Å²) < 4.78 is -1.98. The van der Waals surface area contributed by atoms with E-state index in [1.54, 1.807) is 12.2 Å². The van der Waals surface area contributed by atoms with Crippen LogP contribution in [0.2, 0.25) is 0 Å². The quantitative estimate of drug-likeness (QED) is 0.0155. The molecule has 17 N–H and O–H groups in total. The van der Waals surface area contributed by atoms with Crippen molar-refractivity contribution in [2.75, 3.05) is 19.6 Å². The zero-order valence-electron chi connectivity index (χ0n) is 52.2. The summed E-state index contributed by atoms with van der Waals surface area (Å²) in [6, 6.07) is -19.9. The van der Waals surface area contributed by atoms with Crippen LogP contribution in [0.15, 0.2) is 24.3 Å². The van der Waals surface area contributed by atoms with Crippen molar-refractivity contribution in [1.29, 1.82) is 0 Å². The SMILES string of the molecule is CCC(C)CC/C=C\C=C\C(=O)N[C@H](C(=O)N[C@@H]1C(=O)N[C@H](C(C)C)C(=O)N[C@@H](CCCCN)C(=O)N[C@@H](C(O)C(=O)O)C(=O)N[C@@H](CC(=O)O)C(=O)NCC(=O)N[C@H](C(C)C(=O)O)C(=O)N[C@@H](C(C)C)C(=O)[N+]2([O-])C[C@H](C)C[C@H]2C(=O)NC1C)C(C)C(=O)O. The first-order chi connectivity index (χ1) is 41.9. The normalized spacial score (nSPS) is 27.6. The largest absolute Gasteiger partial charge is 0.625 e. The maximum absolute atomic E-state index is 15.1. The van der Waals surface area contributed by atoms with Crippen LogP contribution in [0.3, 0.4) is 0 Å². The topological polar surface area (TPSA) is 527 Å². The second-order valence-electron chi connectivity index (χ2n) is 23.6. The lowest BCUT2D eigenvalue weighted by atomic mass is 9.97. The number of rotatable bonds is 23. The number of fused-ring (bicyclic) bond motifs is 1. The minimum Gasteiger partial charge on any atom is -0.625 e. The number of aliphatic carboxylic acids is 4. The van der Waals surface area contributed by atoms with Gasteiger partial charge in [0, 0.05) is 18.4 Å². The molecule has 0 aromatic carbocycles. The van der Waals surface area contributed by atoms with Crippen LogP contribution in [0, 0.1) is 40.7 Å². The first-order valence-corrected chi connectivity index (χ1v) is 29.7. The summed E-state index contributed by atoms with van der Waals surface area (Å²) in [6.07, 6.45) is 3.61. The van der Waals surface area contributed by atoms with E-state index in [0.717, 1.165) is 39.7 Å². The first-order valence-electron chi connectivity index (χ1n) is 29.7. The number of carboxylic acids is 4. The van der Waals surface area contributed by atoms with Gasteiger partial charge in [0.25, 0.3) is 5.91 Å². The van der Waals surface area contributed by atoms with Gasteiger partial charge in [0.15, 0.2) is 12.1 Å². The van der Waals surface area contributed by atoms with Crippen LogP contribution in [0.1, 0.15) is 121 Å². The van der Waals surface area contributed by atoms with Crippen LogP contribution in [0.25, 0.3) is 0 Å². The summed E-state index contributed by atoms with van der Waals surface area (Å²) in [5, 5.41) is 87.7. The van der Waals surface area contributed by atoms with E-state index < -0.39 is 209 Å². The molecule has 33 nitrogen and oxygen atoms in total. The fourth-order valence-electron chi connectivity index (χ4n) is 9.68. The Morgan fingerprint density at radius 3 is 1.81 bits per heavy atom. The average molecular weight is 1280 g/mol. The molecule has 2 saturated heterocycles. The van der Waals surface area contributed by atoms with E-state index in [1.165, 1.54) is 40.7 Å². The molecule has 2 heterocycles. The minimum atomic E-state index is -2.86. The van der Waals surface area contributed by atoms with Gasteiger partial charge in [0.1, 0.15) is 48.3 Å². The maximum Gasteiger partial charge on any atom is 0.337 e. The highest BCUT2D eigenvalue weighted by Gasteiger charge is 2.53. The monoisotopic (exact) mass is 1280 g/mol. The number of aliphatic hydroxyl groups excluding tert-OH is 1. The van der Waals surface area contributed by atoms with Crippen LogP contribution < -0.4 is 58.9 Å². The zero-order valence-corrected chi connectivity index (χ0v) is 52.2. The molecule has 0 aromatic rings.